The zero-order valence-electron chi connectivity index (χ0n) is 7.66. The van der Waals surface area contributed by atoms with E-state index in [1.54, 1.807) is 11.3 Å². The standard InChI is InChI=1S/C9H16N2S/c1-11(2)6-5-8(10)9-4-3-7-12-9/h3-4,7-8H,5-6,10H2,1-2H3/t8-/m1/s1. The van der Waals surface area contributed by atoms with Crippen LogP contribution in [0.25, 0.3) is 0 Å². The van der Waals surface area contributed by atoms with Gasteiger partial charge in [0.05, 0.1) is 0 Å². The van der Waals surface area contributed by atoms with E-state index in [2.05, 4.69) is 36.5 Å². The lowest BCUT2D eigenvalue weighted by atomic mass is 10.2. The Morgan fingerprint density at radius 1 is 1.58 bits per heavy atom. The maximum atomic E-state index is 5.97. The molecule has 2 nitrogen and oxygen atoms in total. The van der Waals surface area contributed by atoms with Crippen molar-refractivity contribution in [3.63, 3.8) is 0 Å². The maximum absolute atomic E-state index is 5.97. The molecule has 0 radical (unpaired) electrons. The fraction of sp³-hybridized carbons (Fsp3) is 0.556. The molecule has 0 aliphatic carbocycles. The van der Waals surface area contributed by atoms with Crippen LogP contribution in [0, 0.1) is 0 Å². The second-order valence-corrected chi connectivity index (χ2v) is 4.19. The largest absolute Gasteiger partial charge is 0.323 e. The molecular formula is C9H16N2S. The molecule has 0 saturated heterocycles. The van der Waals surface area contributed by atoms with Crippen molar-refractivity contribution in [2.45, 2.75) is 12.5 Å². The first kappa shape index (κ1) is 9.71. The number of hydrogen-bond acceptors (Lipinski definition) is 3. The van der Waals surface area contributed by atoms with Gasteiger partial charge in [0, 0.05) is 10.9 Å². The van der Waals surface area contributed by atoms with Gasteiger partial charge < -0.3 is 10.6 Å². The van der Waals surface area contributed by atoms with Gasteiger partial charge in [0.2, 0.25) is 0 Å². The van der Waals surface area contributed by atoms with Crippen LogP contribution in [0.3, 0.4) is 0 Å². The maximum Gasteiger partial charge on any atom is 0.0401 e. The van der Waals surface area contributed by atoms with Crippen molar-refractivity contribution in [3.8, 4) is 0 Å². The van der Waals surface area contributed by atoms with E-state index < -0.39 is 0 Å². The third kappa shape index (κ3) is 2.93. The van der Waals surface area contributed by atoms with Crippen LogP contribution in [-0.2, 0) is 0 Å². The van der Waals surface area contributed by atoms with Gasteiger partial charge in [0.15, 0.2) is 0 Å². The summed E-state index contributed by atoms with van der Waals surface area (Å²) >= 11 is 1.74. The van der Waals surface area contributed by atoms with Gasteiger partial charge >= 0.3 is 0 Å². The molecule has 0 fully saturated rings. The Bertz CT molecular complexity index is 206. The van der Waals surface area contributed by atoms with Crippen molar-refractivity contribution in [3.05, 3.63) is 22.4 Å². The van der Waals surface area contributed by atoms with E-state index in [9.17, 15) is 0 Å². The van der Waals surface area contributed by atoms with E-state index in [1.807, 2.05) is 0 Å². The van der Waals surface area contributed by atoms with Gasteiger partial charge in [-0.3, -0.25) is 0 Å². The average Bonchev–Trinajstić information content (AvgIpc) is 2.51. The minimum absolute atomic E-state index is 0.215. The van der Waals surface area contributed by atoms with Crippen molar-refractivity contribution in [2.75, 3.05) is 20.6 Å². The molecule has 0 unspecified atom stereocenters. The summed E-state index contributed by atoms with van der Waals surface area (Å²) in [5.74, 6) is 0. The third-order valence-corrected chi connectivity index (χ3v) is 2.80. The highest BCUT2D eigenvalue weighted by molar-refractivity contribution is 7.10. The Morgan fingerprint density at radius 3 is 2.83 bits per heavy atom. The van der Waals surface area contributed by atoms with E-state index in [4.69, 9.17) is 5.73 Å². The zero-order valence-corrected chi connectivity index (χ0v) is 8.47. The highest BCUT2D eigenvalue weighted by atomic mass is 32.1. The first-order chi connectivity index (χ1) is 5.70. The molecular weight excluding hydrogens is 168 g/mol. The number of thiophene rings is 1. The van der Waals surface area contributed by atoms with Crippen LogP contribution < -0.4 is 5.73 Å². The summed E-state index contributed by atoms with van der Waals surface area (Å²) < 4.78 is 0. The topological polar surface area (TPSA) is 29.3 Å². The minimum Gasteiger partial charge on any atom is -0.323 e. The molecule has 0 aliphatic rings. The summed E-state index contributed by atoms with van der Waals surface area (Å²) in [6.07, 6.45) is 1.04. The summed E-state index contributed by atoms with van der Waals surface area (Å²) in [6.45, 7) is 1.05. The Kier molecular flexibility index (Phi) is 3.72. The predicted molar refractivity (Wildman–Crippen MR) is 54.4 cm³/mol. The fourth-order valence-corrected chi connectivity index (χ4v) is 1.81. The van der Waals surface area contributed by atoms with Crippen molar-refractivity contribution >= 4 is 11.3 Å². The number of rotatable bonds is 4. The SMILES string of the molecule is CN(C)CC[C@@H](N)c1cccs1. The molecule has 1 heterocycles. The lowest BCUT2D eigenvalue weighted by molar-refractivity contribution is 0.384. The second kappa shape index (κ2) is 4.60. The van der Waals surface area contributed by atoms with Gasteiger partial charge in [-0.25, -0.2) is 0 Å². The smallest absolute Gasteiger partial charge is 0.0401 e. The second-order valence-electron chi connectivity index (χ2n) is 3.21. The first-order valence-corrected chi connectivity index (χ1v) is 5.02. The Balaban J connectivity index is 2.34. The summed E-state index contributed by atoms with van der Waals surface area (Å²) in [7, 11) is 4.14. The highest BCUT2D eigenvalue weighted by Crippen LogP contribution is 2.19. The van der Waals surface area contributed by atoms with Crippen molar-refractivity contribution < 1.29 is 0 Å². The molecule has 1 atom stereocenters. The molecule has 0 aromatic carbocycles. The van der Waals surface area contributed by atoms with Crippen LogP contribution in [0.4, 0.5) is 0 Å². The van der Waals surface area contributed by atoms with Gasteiger partial charge in [-0.2, -0.15) is 0 Å². The molecule has 12 heavy (non-hydrogen) atoms. The fourth-order valence-electron chi connectivity index (χ4n) is 1.04. The van der Waals surface area contributed by atoms with Crippen LogP contribution >= 0.6 is 11.3 Å². The number of nitrogens with two attached hydrogens (primary N) is 1. The van der Waals surface area contributed by atoms with Crippen molar-refractivity contribution in [1.29, 1.82) is 0 Å². The molecule has 0 aliphatic heterocycles. The summed E-state index contributed by atoms with van der Waals surface area (Å²) in [5.41, 5.74) is 5.97. The van der Waals surface area contributed by atoms with Gasteiger partial charge in [-0.1, -0.05) is 6.07 Å². The van der Waals surface area contributed by atoms with Crippen molar-refractivity contribution in [2.24, 2.45) is 5.73 Å². The quantitative estimate of drug-likeness (QED) is 0.771. The zero-order chi connectivity index (χ0) is 8.97. The molecule has 0 saturated carbocycles. The van der Waals surface area contributed by atoms with Crippen LogP contribution in [-0.4, -0.2) is 25.5 Å². The molecule has 1 aromatic heterocycles. The van der Waals surface area contributed by atoms with E-state index in [0.29, 0.717) is 0 Å². The molecule has 1 aromatic rings. The third-order valence-electron chi connectivity index (χ3n) is 1.80. The van der Waals surface area contributed by atoms with E-state index >= 15 is 0 Å². The van der Waals surface area contributed by atoms with Gasteiger partial charge in [0.25, 0.3) is 0 Å². The monoisotopic (exact) mass is 184 g/mol. The number of nitrogens with zero attached hydrogens (tertiary/aromatic N) is 1. The Labute approximate surface area is 78.0 Å². The highest BCUT2D eigenvalue weighted by Gasteiger charge is 2.06. The first-order valence-electron chi connectivity index (χ1n) is 4.14. The van der Waals surface area contributed by atoms with Gasteiger partial charge in [-0.05, 0) is 38.5 Å². The molecule has 0 amide bonds. The molecule has 2 N–H and O–H groups in total. The van der Waals surface area contributed by atoms with Crippen LogP contribution in [0.2, 0.25) is 0 Å². The average molecular weight is 184 g/mol. The molecule has 0 spiro atoms. The van der Waals surface area contributed by atoms with Gasteiger partial charge in [0.1, 0.15) is 0 Å². The minimum atomic E-state index is 0.215. The summed E-state index contributed by atoms with van der Waals surface area (Å²) in [6, 6.07) is 4.37. The summed E-state index contributed by atoms with van der Waals surface area (Å²) in [5, 5.41) is 2.07. The van der Waals surface area contributed by atoms with Crippen LogP contribution in [0.1, 0.15) is 17.3 Å². The molecule has 0 bridgehead atoms. The lowest BCUT2D eigenvalue weighted by Crippen LogP contribution is -2.19. The summed E-state index contributed by atoms with van der Waals surface area (Å²) in [4.78, 5) is 3.45. The van der Waals surface area contributed by atoms with Crippen LogP contribution in [0.15, 0.2) is 17.5 Å². The predicted octanol–water partition coefficient (Wildman–Crippen LogP) is 1.70. The van der Waals surface area contributed by atoms with E-state index in [0.717, 1.165) is 13.0 Å². The normalized spacial score (nSPS) is 13.7. The van der Waals surface area contributed by atoms with E-state index in [1.165, 1.54) is 4.88 Å². The van der Waals surface area contributed by atoms with E-state index in [-0.39, 0.29) is 6.04 Å². The van der Waals surface area contributed by atoms with Crippen molar-refractivity contribution in [1.82, 2.24) is 4.90 Å². The van der Waals surface area contributed by atoms with Gasteiger partial charge in [-0.15, -0.1) is 11.3 Å². The molecule has 3 heteroatoms. The molecule has 1 rings (SSSR count). The number of hydrogen-bond donors (Lipinski definition) is 1. The lowest BCUT2D eigenvalue weighted by Gasteiger charge is -2.13. The van der Waals surface area contributed by atoms with Crippen LogP contribution in [0.5, 0.6) is 0 Å². The molecule has 68 valence electrons. The Morgan fingerprint density at radius 2 is 2.33 bits per heavy atom. The Hall–Kier alpha value is -0.380.